The Balaban J connectivity index is 1.79. The Morgan fingerprint density at radius 1 is 1.18 bits per heavy atom. The lowest BCUT2D eigenvalue weighted by Gasteiger charge is -2.09. The Morgan fingerprint density at radius 2 is 2.00 bits per heavy atom. The van der Waals surface area contributed by atoms with Gasteiger partial charge in [0.15, 0.2) is 0 Å². The maximum absolute atomic E-state index is 13.6. The highest BCUT2D eigenvalue weighted by atomic mass is 19.1. The van der Waals surface area contributed by atoms with Crippen molar-refractivity contribution < 1.29 is 13.6 Å². The smallest absolute Gasteiger partial charge is 0.228 e. The van der Waals surface area contributed by atoms with Crippen LogP contribution in [0.2, 0.25) is 0 Å². The lowest BCUT2D eigenvalue weighted by atomic mass is 10.1. The van der Waals surface area contributed by atoms with Gasteiger partial charge in [-0.3, -0.25) is 4.79 Å². The van der Waals surface area contributed by atoms with Crippen molar-refractivity contribution >= 4 is 22.5 Å². The zero-order valence-electron chi connectivity index (χ0n) is 11.9. The molecule has 3 nitrogen and oxygen atoms in total. The van der Waals surface area contributed by atoms with Crippen molar-refractivity contribution in [3.8, 4) is 0 Å². The van der Waals surface area contributed by atoms with Crippen molar-refractivity contribution in [3.63, 3.8) is 0 Å². The number of fused-ring (bicyclic) bond motifs is 1. The van der Waals surface area contributed by atoms with Crippen LogP contribution in [0.5, 0.6) is 0 Å². The molecule has 5 heteroatoms. The van der Waals surface area contributed by atoms with Crippen LogP contribution in [0.1, 0.15) is 11.1 Å². The van der Waals surface area contributed by atoms with E-state index in [2.05, 4.69) is 10.3 Å². The third-order valence-electron chi connectivity index (χ3n) is 3.54. The van der Waals surface area contributed by atoms with E-state index in [0.717, 1.165) is 28.6 Å². The number of hydrogen-bond acceptors (Lipinski definition) is 1. The molecule has 0 bridgehead atoms. The minimum atomic E-state index is -0.716. The fourth-order valence-electron chi connectivity index (χ4n) is 2.38. The lowest BCUT2D eigenvalue weighted by molar-refractivity contribution is -0.115. The van der Waals surface area contributed by atoms with Crippen LogP contribution >= 0.6 is 0 Å². The van der Waals surface area contributed by atoms with Gasteiger partial charge in [0.05, 0.1) is 6.42 Å². The van der Waals surface area contributed by atoms with E-state index in [0.29, 0.717) is 5.69 Å². The molecule has 1 aromatic heterocycles. The average molecular weight is 300 g/mol. The number of H-pyrrole nitrogens is 1. The van der Waals surface area contributed by atoms with E-state index >= 15 is 0 Å². The number of nitrogens with one attached hydrogen (secondary N) is 2. The molecule has 0 radical (unpaired) electrons. The number of hydrogen-bond donors (Lipinski definition) is 2. The first-order valence-corrected chi connectivity index (χ1v) is 6.84. The minimum Gasteiger partial charge on any atom is -0.361 e. The van der Waals surface area contributed by atoms with E-state index in [-0.39, 0.29) is 17.9 Å². The van der Waals surface area contributed by atoms with Crippen LogP contribution < -0.4 is 5.32 Å². The molecule has 3 rings (SSSR count). The van der Waals surface area contributed by atoms with Crippen molar-refractivity contribution in [1.82, 2.24) is 4.98 Å². The Labute approximate surface area is 126 Å². The molecule has 3 aromatic rings. The summed E-state index contributed by atoms with van der Waals surface area (Å²) >= 11 is 0. The summed E-state index contributed by atoms with van der Waals surface area (Å²) in [4.78, 5) is 15.1. The summed E-state index contributed by atoms with van der Waals surface area (Å²) < 4.78 is 26.4. The first-order chi connectivity index (χ1) is 10.5. The molecular weight excluding hydrogens is 286 g/mol. The molecule has 0 aliphatic carbocycles. The number of benzene rings is 2. The number of carbonyl (C=O) groups is 1. The predicted molar refractivity (Wildman–Crippen MR) is 81.7 cm³/mol. The van der Waals surface area contributed by atoms with E-state index in [4.69, 9.17) is 0 Å². The quantitative estimate of drug-likeness (QED) is 0.756. The fraction of sp³-hybridized carbons (Fsp3) is 0.118. The van der Waals surface area contributed by atoms with Crippen LogP contribution in [0.25, 0.3) is 10.9 Å². The summed E-state index contributed by atoms with van der Waals surface area (Å²) in [6.45, 7) is 1.89. The molecule has 0 aliphatic rings. The highest BCUT2D eigenvalue weighted by Gasteiger charge is 2.11. The maximum atomic E-state index is 13.6. The second-order valence-corrected chi connectivity index (χ2v) is 5.19. The summed E-state index contributed by atoms with van der Waals surface area (Å²) in [6.07, 6.45) is 1.68. The number of aromatic amines is 1. The molecule has 2 N–H and O–H groups in total. The molecule has 0 aliphatic heterocycles. The van der Waals surface area contributed by atoms with Crippen molar-refractivity contribution in [2.75, 3.05) is 5.32 Å². The third-order valence-corrected chi connectivity index (χ3v) is 3.54. The van der Waals surface area contributed by atoms with Gasteiger partial charge in [-0.1, -0.05) is 6.07 Å². The molecule has 2 aromatic carbocycles. The van der Waals surface area contributed by atoms with Crippen LogP contribution in [-0.2, 0) is 11.2 Å². The van der Waals surface area contributed by atoms with E-state index in [1.807, 2.05) is 31.3 Å². The zero-order chi connectivity index (χ0) is 15.7. The van der Waals surface area contributed by atoms with Crippen LogP contribution in [0.3, 0.4) is 0 Å². The van der Waals surface area contributed by atoms with Gasteiger partial charge in [0.1, 0.15) is 11.6 Å². The van der Waals surface area contributed by atoms with Gasteiger partial charge in [0.25, 0.3) is 0 Å². The van der Waals surface area contributed by atoms with E-state index in [1.54, 1.807) is 0 Å². The van der Waals surface area contributed by atoms with Gasteiger partial charge in [0.2, 0.25) is 5.91 Å². The molecule has 0 atom stereocenters. The topological polar surface area (TPSA) is 44.9 Å². The fourth-order valence-corrected chi connectivity index (χ4v) is 2.38. The Kier molecular flexibility index (Phi) is 3.63. The average Bonchev–Trinajstić information content (AvgIpc) is 2.89. The molecule has 22 heavy (non-hydrogen) atoms. The van der Waals surface area contributed by atoms with Crippen LogP contribution in [0.15, 0.2) is 42.6 Å². The number of amides is 1. The number of rotatable bonds is 3. The summed E-state index contributed by atoms with van der Waals surface area (Å²) in [5.74, 6) is -1.72. The SMILES string of the molecule is Cc1cc2cc[nH]c2cc1NC(=O)Cc1ccc(F)cc1F. The number of anilines is 1. The van der Waals surface area contributed by atoms with Gasteiger partial charge >= 0.3 is 0 Å². The highest BCUT2D eigenvalue weighted by Crippen LogP contribution is 2.23. The van der Waals surface area contributed by atoms with Gasteiger partial charge in [-0.2, -0.15) is 0 Å². The van der Waals surface area contributed by atoms with E-state index < -0.39 is 11.6 Å². The number of halogens is 2. The Morgan fingerprint density at radius 3 is 2.77 bits per heavy atom. The molecule has 1 heterocycles. The van der Waals surface area contributed by atoms with Crippen LogP contribution in [0.4, 0.5) is 14.5 Å². The highest BCUT2D eigenvalue weighted by molar-refractivity contribution is 5.95. The number of carbonyl (C=O) groups excluding carboxylic acids is 1. The van der Waals surface area contributed by atoms with E-state index in [1.165, 1.54) is 6.07 Å². The van der Waals surface area contributed by atoms with Gasteiger partial charge in [-0.15, -0.1) is 0 Å². The van der Waals surface area contributed by atoms with Gasteiger partial charge < -0.3 is 10.3 Å². The van der Waals surface area contributed by atoms with Crippen molar-refractivity contribution in [1.29, 1.82) is 0 Å². The molecule has 0 saturated heterocycles. The molecule has 0 saturated carbocycles. The Bertz CT molecular complexity index is 855. The predicted octanol–water partition coefficient (Wildman–Crippen LogP) is 3.94. The van der Waals surface area contributed by atoms with Crippen molar-refractivity contribution in [2.24, 2.45) is 0 Å². The first-order valence-electron chi connectivity index (χ1n) is 6.84. The summed E-state index contributed by atoms with van der Waals surface area (Å²) in [5.41, 5.74) is 2.66. The van der Waals surface area contributed by atoms with Crippen LogP contribution in [-0.4, -0.2) is 10.9 Å². The first kappa shape index (κ1) is 14.3. The molecule has 1 amide bonds. The molecule has 0 unspecified atom stereocenters. The van der Waals surface area contributed by atoms with Gasteiger partial charge in [-0.05, 0) is 47.7 Å². The zero-order valence-corrected chi connectivity index (χ0v) is 11.9. The van der Waals surface area contributed by atoms with Gasteiger partial charge in [-0.25, -0.2) is 8.78 Å². The molecule has 112 valence electrons. The second-order valence-electron chi connectivity index (χ2n) is 5.19. The van der Waals surface area contributed by atoms with Crippen LogP contribution in [0, 0.1) is 18.6 Å². The monoisotopic (exact) mass is 300 g/mol. The largest absolute Gasteiger partial charge is 0.361 e. The van der Waals surface area contributed by atoms with Crippen molar-refractivity contribution in [2.45, 2.75) is 13.3 Å². The normalized spacial score (nSPS) is 10.9. The standard InChI is InChI=1S/C17H14F2N2O/c1-10-6-12-4-5-20-16(12)9-15(10)21-17(22)7-11-2-3-13(18)8-14(11)19/h2-6,8-9,20H,7H2,1H3,(H,21,22). The summed E-state index contributed by atoms with van der Waals surface area (Å²) in [7, 11) is 0. The molecular formula is C17H14F2N2O. The van der Waals surface area contributed by atoms with Gasteiger partial charge in [0, 0.05) is 23.5 Å². The third kappa shape index (κ3) is 2.83. The maximum Gasteiger partial charge on any atom is 0.228 e. The number of aromatic nitrogens is 1. The van der Waals surface area contributed by atoms with E-state index in [9.17, 15) is 13.6 Å². The Hall–Kier alpha value is -2.69. The molecule has 0 spiro atoms. The van der Waals surface area contributed by atoms with Crippen molar-refractivity contribution in [3.05, 3.63) is 65.4 Å². The minimum absolute atomic E-state index is 0.145. The lowest BCUT2D eigenvalue weighted by Crippen LogP contribution is -2.16. The second kappa shape index (κ2) is 5.60. The summed E-state index contributed by atoms with van der Waals surface area (Å²) in [6, 6.07) is 8.94. The summed E-state index contributed by atoms with van der Waals surface area (Å²) in [5, 5.41) is 3.82. The number of aryl methyl sites for hydroxylation is 1. The molecule has 0 fully saturated rings.